The molecule has 4 aromatic rings. The number of halogens is 1. The van der Waals surface area contributed by atoms with Crippen molar-refractivity contribution in [1.29, 1.82) is 0 Å². The fraction of sp³-hybridized carbons (Fsp3) is 0.243. The molecule has 3 N–H and O–H groups in total. The van der Waals surface area contributed by atoms with Crippen molar-refractivity contribution in [3.8, 4) is 0 Å². The lowest BCUT2D eigenvalue weighted by Crippen LogP contribution is -2.58. The van der Waals surface area contributed by atoms with Crippen molar-refractivity contribution in [2.75, 3.05) is 23.3 Å². The summed E-state index contributed by atoms with van der Waals surface area (Å²) in [5.41, 5.74) is 3.20. The first-order valence-electron chi connectivity index (χ1n) is 15.5. The lowest BCUT2D eigenvalue weighted by atomic mass is 10.0. The van der Waals surface area contributed by atoms with Crippen LogP contribution in [0.5, 0.6) is 0 Å². The molecule has 9 nitrogen and oxygen atoms in total. The SMILES string of the molecule is CC1CN(c2ccc(C(=O)NC(CC(=O)O)c3ccc(F)cc3)cc2NC(=O)Cc2ccccc2)C(C)CN1C(=O)c1ccccc1. The molecule has 1 saturated heterocycles. The fourth-order valence-corrected chi connectivity index (χ4v) is 5.86. The molecule has 3 amide bonds. The zero-order valence-electron chi connectivity index (χ0n) is 26.2. The summed E-state index contributed by atoms with van der Waals surface area (Å²) in [6, 6.07) is 27.5. The normalized spacial score (nSPS) is 16.7. The van der Waals surface area contributed by atoms with Gasteiger partial charge >= 0.3 is 5.97 Å². The Morgan fingerprint density at radius 1 is 0.830 bits per heavy atom. The van der Waals surface area contributed by atoms with E-state index < -0.39 is 30.2 Å². The molecule has 1 heterocycles. The zero-order valence-corrected chi connectivity index (χ0v) is 26.2. The van der Waals surface area contributed by atoms with E-state index in [0.29, 0.717) is 35.6 Å². The minimum atomic E-state index is -1.13. The molecule has 10 heteroatoms. The summed E-state index contributed by atoms with van der Waals surface area (Å²) in [7, 11) is 0. The van der Waals surface area contributed by atoms with Crippen molar-refractivity contribution in [2.24, 2.45) is 0 Å². The van der Waals surface area contributed by atoms with E-state index in [4.69, 9.17) is 0 Å². The Kier molecular flexibility index (Phi) is 10.3. The predicted octanol–water partition coefficient (Wildman–Crippen LogP) is 5.69. The number of piperazine rings is 1. The second-order valence-electron chi connectivity index (χ2n) is 11.8. The highest BCUT2D eigenvalue weighted by Gasteiger charge is 2.34. The molecule has 1 aliphatic heterocycles. The number of aliphatic carboxylic acids is 1. The highest BCUT2D eigenvalue weighted by Crippen LogP contribution is 2.33. The van der Waals surface area contributed by atoms with E-state index in [9.17, 15) is 28.7 Å². The maximum atomic E-state index is 13.5. The number of hydrogen-bond donors (Lipinski definition) is 3. The van der Waals surface area contributed by atoms with Crippen LogP contribution in [0.3, 0.4) is 0 Å². The van der Waals surface area contributed by atoms with Crippen LogP contribution in [-0.4, -0.2) is 58.9 Å². The molecule has 47 heavy (non-hydrogen) atoms. The molecule has 242 valence electrons. The molecule has 5 rings (SSSR count). The van der Waals surface area contributed by atoms with Crippen molar-refractivity contribution in [3.63, 3.8) is 0 Å². The average Bonchev–Trinajstić information content (AvgIpc) is 3.06. The topological polar surface area (TPSA) is 119 Å². The lowest BCUT2D eigenvalue weighted by molar-refractivity contribution is -0.137. The average molecular weight is 637 g/mol. The van der Waals surface area contributed by atoms with Crippen LogP contribution in [0.4, 0.5) is 15.8 Å². The van der Waals surface area contributed by atoms with Crippen LogP contribution < -0.4 is 15.5 Å². The molecule has 0 bridgehead atoms. The number of carbonyl (C=O) groups is 4. The molecule has 0 radical (unpaired) electrons. The van der Waals surface area contributed by atoms with Crippen molar-refractivity contribution in [3.05, 3.63) is 131 Å². The van der Waals surface area contributed by atoms with Gasteiger partial charge in [0.25, 0.3) is 11.8 Å². The van der Waals surface area contributed by atoms with Crippen LogP contribution in [0, 0.1) is 5.82 Å². The molecule has 3 atom stereocenters. The molecule has 0 aromatic heterocycles. The highest BCUT2D eigenvalue weighted by atomic mass is 19.1. The van der Waals surface area contributed by atoms with Gasteiger partial charge in [-0.05, 0) is 67.4 Å². The number of amides is 3. The van der Waals surface area contributed by atoms with Crippen molar-refractivity contribution < 1.29 is 28.7 Å². The number of carbonyl (C=O) groups excluding carboxylic acids is 3. The fourth-order valence-electron chi connectivity index (χ4n) is 5.86. The number of rotatable bonds is 10. The summed E-state index contributed by atoms with van der Waals surface area (Å²) in [5.74, 6) is -2.48. The van der Waals surface area contributed by atoms with Gasteiger partial charge in [0.05, 0.1) is 30.3 Å². The summed E-state index contributed by atoms with van der Waals surface area (Å²) >= 11 is 0. The van der Waals surface area contributed by atoms with Crippen LogP contribution >= 0.6 is 0 Å². The number of anilines is 2. The molecular formula is C37H37FN4O5. The maximum absolute atomic E-state index is 13.5. The lowest BCUT2D eigenvalue weighted by Gasteiger charge is -2.46. The second-order valence-corrected chi connectivity index (χ2v) is 11.8. The predicted molar refractivity (Wildman–Crippen MR) is 178 cm³/mol. The Hall–Kier alpha value is -5.51. The number of nitrogens with zero attached hydrogens (tertiary/aromatic N) is 2. The van der Waals surface area contributed by atoms with E-state index in [1.165, 1.54) is 24.3 Å². The Morgan fingerprint density at radius 3 is 2.15 bits per heavy atom. The summed E-state index contributed by atoms with van der Waals surface area (Å²) < 4.78 is 13.5. The summed E-state index contributed by atoms with van der Waals surface area (Å²) in [4.78, 5) is 55.7. The van der Waals surface area contributed by atoms with Gasteiger partial charge in [0, 0.05) is 36.3 Å². The Balaban J connectivity index is 1.42. The van der Waals surface area contributed by atoms with Crippen LogP contribution in [0.15, 0.2) is 103 Å². The molecule has 0 spiro atoms. The van der Waals surface area contributed by atoms with E-state index >= 15 is 0 Å². The van der Waals surface area contributed by atoms with Crippen LogP contribution in [-0.2, 0) is 16.0 Å². The van der Waals surface area contributed by atoms with Gasteiger partial charge in [-0.15, -0.1) is 0 Å². The standard InChI is InChI=1S/C37H37FN4O5/c1-24-23-42(37(47)28-11-7-4-8-12-28)25(2)22-41(24)33-18-15-29(20-32(33)39-34(43)19-26-9-5-3-6-10-26)36(46)40-31(21-35(44)45)27-13-16-30(38)17-14-27/h3-18,20,24-25,31H,19,21-23H2,1-2H3,(H,39,43)(H,40,46)(H,44,45). The third-order valence-corrected chi connectivity index (χ3v) is 8.27. The smallest absolute Gasteiger partial charge is 0.305 e. The van der Waals surface area contributed by atoms with Crippen molar-refractivity contribution in [2.45, 2.75) is 44.8 Å². The van der Waals surface area contributed by atoms with Gasteiger partial charge in [-0.25, -0.2) is 4.39 Å². The molecular weight excluding hydrogens is 599 g/mol. The van der Waals surface area contributed by atoms with Gasteiger partial charge in [0.2, 0.25) is 5.91 Å². The molecule has 3 unspecified atom stereocenters. The molecule has 1 aliphatic rings. The number of nitrogens with one attached hydrogen (secondary N) is 2. The van der Waals surface area contributed by atoms with Gasteiger partial charge in [0.15, 0.2) is 0 Å². The van der Waals surface area contributed by atoms with E-state index in [1.54, 1.807) is 30.3 Å². The largest absolute Gasteiger partial charge is 0.481 e. The number of carboxylic acids is 1. The van der Waals surface area contributed by atoms with Crippen LogP contribution in [0.2, 0.25) is 0 Å². The summed E-state index contributed by atoms with van der Waals surface area (Å²) in [6.45, 7) is 4.92. The third kappa shape index (κ3) is 8.21. The molecule has 0 aliphatic carbocycles. The first-order valence-corrected chi connectivity index (χ1v) is 15.5. The zero-order chi connectivity index (χ0) is 33.5. The Morgan fingerprint density at radius 2 is 1.49 bits per heavy atom. The van der Waals surface area contributed by atoms with Crippen LogP contribution in [0.1, 0.15) is 58.2 Å². The number of carboxylic acid groups (broad SMARTS) is 1. The van der Waals surface area contributed by atoms with Crippen LogP contribution in [0.25, 0.3) is 0 Å². The highest BCUT2D eigenvalue weighted by molar-refractivity contribution is 6.01. The summed E-state index contributed by atoms with van der Waals surface area (Å²) in [5, 5.41) is 15.2. The monoisotopic (exact) mass is 636 g/mol. The Bertz CT molecular complexity index is 1730. The van der Waals surface area contributed by atoms with Gasteiger partial charge in [-0.3, -0.25) is 19.2 Å². The van der Waals surface area contributed by atoms with E-state index in [2.05, 4.69) is 15.5 Å². The third-order valence-electron chi connectivity index (χ3n) is 8.27. The Labute approximate surface area is 273 Å². The maximum Gasteiger partial charge on any atom is 0.305 e. The molecule has 0 saturated carbocycles. The summed E-state index contributed by atoms with van der Waals surface area (Å²) in [6.07, 6.45) is -0.287. The van der Waals surface area contributed by atoms with Gasteiger partial charge < -0.3 is 25.5 Å². The number of benzene rings is 4. The minimum Gasteiger partial charge on any atom is -0.481 e. The first kappa shape index (κ1) is 32.9. The number of hydrogen-bond acceptors (Lipinski definition) is 5. The van der Waals surface area contributed by atoms with E-state index in [1.807, 2.05) is 67.3 Å². The quantitative estimate of drug-likeness (QED) is 0.206. The molecule has 4 aromatic carbocycles. The first-order chi connectivity index (χ1) is 22.6. The van der Waals surface area contributed by atoms with E-state index in [-0.39, 0.29) is 35.9 Å². The van der Waals surface area contributed by atoms with E-state index in [0.717, 1.165) is 5.56 Å². The van der Waals surface area contributed by atoms with Gasteiger partial charge in [0.1, 0.15) is 5.82 Å². The second kappa shape index (κ2) is 14.7. The van der Waals surface area contributed by atoms with Gasteiger partial charge in [-0.1, -0.05) is 60.7 Å². The molecule has 1 fully saturated rings. The van der Waals surface area contributed by atoms with Crippen molar-refractivity contribution in [1.82, 2.24) is 10.2 Å². The van der Waals surface area contributed by atoms with Crippen molar-refractivity contribution >= 4 is 35.1 Å². The minimum absolute atomic E-state index is 0.0509. The van der Waals surface area contributed by atoms with Gasteiger partial charge in [-0.2, -0.15) is 0 Å².